The third kappa shape index (κ3) is 2.90. The Kier molecular flexibility index (Phi) is 3.51. The SMILES string of the molecule is C=CC(=[OH+])OC1CCC(C#N)CC1. The molecule has 70 valence electrons. The fourth-order valence-corrected chi connectivity index (χ4v) is 1.53. The maximum Gasteiger partial charge on any atom is 0.509 e. The smallest absolute Gasteiger partial charge is 0.335 e. The third-order valence-corrected chi connectivity index (χ3v) is 2.32. The van der Waals surface area contributed by atoms with Crippen molar-refractivity contribution in [2.45, 2.75) is 31.8 Å². The second-order valence-corrected chi connectivity index (χ2v) is 3.26. The van der Waals surface area contributed by atoms with E-state index >= 15 is 0 Å². The van der Waals surface area contributed by atoms with Gasteiger partial charge in [0.05, 0.1) is 12.1 Å². The zero-order chi connectivity index (χ0) is 9.68. The van der Waals surface area contributed by atoms with Gasteiger partial charge in [-0.3, -0.25) is 0 Å². The van der Waals surface area contributed by atoms with E-state index in [0.29, 0.717) is 0 Å². The molecule has 1 saturated carbocycles. The number of nitriles is 1. The summed E-state index contributed by atoms with van der Waals surface area (Å²) in [5.74, 6) is 0.0612. The predicted molar refractivity (Wildman–Crippen MR) is 49.6 cm³/mol. The molecule has 0 bridgehead atoms. The molecule has 0 spiro atoms. The fraction of sp³-hybridized carbons (Fsp3) is 0.600. The standard InChI is InChI=1S/C10H13NO2/c1-2-10(12)13-9-5-3-8(7-11)4-6-9/h2,8-9H,1,3-6H2/p+1. The molecule has 1 aliphatic carbocycles. The number of hydrogen-bond donors (Lipinski definition) is 0. The molecule has 0 heterocycles. The number of carbonyl (C=O) groups excluding carboxylic acids is 1. The van der Waals surface area contributed by atoms with Gasteiger partial charge in [-0.05, 0) is 12.8 Å². The van der Waals surface area contributed by atoms with Crippen molar-refractivity contribution in [1.29, 1.82) is 5.26 Å². The molecule has 1 N–H and O–H groups in total. The maximum absolute atomic E-state index is 9.04. The lowest BCUT2D eigenvalue weighted by Gasteiger charge is -2.19. The first-order valence-corrected chi connectivity index (χ1v) is 4.51. The van der Waals surface area contributed by atoms with E-state index in [-0.39, 0.29) is 18.0 Å². The Morgan fingerprint density at radius 1 is 1.46 bits per heavy atom. The summed E-state index contributed by atoms with van der Waals surface area (Å²) in [6, 6.07) is 2.25. The van der Waals surface area contributed by atoms with Gasteiger partial charge in [-0.25, -0.2) is 0 Å². The molecule has 1 rings (SSSR count). The van der Waals surface area contributed by atoms with Crippen LogP contribution < -0.4 is 0 Å². The van der Waals surface area contributed by atoms with E-state index in [2.05, 4.69) is 12.6 Å². The first-order chi connectivity index (χ1) is 6.26. The van der Waals surface area contributed by atoms with Crippen LogP contribution in [0, 0.1) is 17.2 Å². The Labute approximate surface area is 78.0 Å². The number of ether oxygens (including phenoxy) is 1. The zero-order valence-corrected chi connectivity index (χ0v) is 7.57. The minimum absolute atomic E-state index is 0.0580. The first-order valence-electron chi connectivity index (χ1n) is 4.51. The first kappa shape index (κ1) is 9.79. The second kappa shape index (κ2) is 4.66. The molecule has 0 radical (unpaired) electrons. The molecule has 1 aliphatic rings. The Bertz CT molecular complexity index is 234. The van der Waals surface area contributed by atoms with Gasteiger partial charge in [0, 0.05) is 18.8 Å². The van der Waals surface area contributed by atoms with Crippen LogP contribution in [-0.4, -0.2) is 16.9 Å². The van der Waals surface area contributed by atoms with Crippen LogP contribution in [0.5, 0.6) is 0 Å². The van der Waals surface area contributed by atoms with E-state index in [1.807, 2.05) is 0 Å². The van der Waals surface area contributed by atoms with Crippen LogP contribution in [0.15, 0.2) is 12.7 Å². The molecule has 0 aromatic carbocycles. The summed E-state index contributed by atoms with van der Waals surface area (Å²) in [5, 5.41) is 8.64. The van der Waals surface area contributed by atoms with Gasteiger partial charge in [-0.2, -0.15) is 5.26 Å². The van der Waals surface area contributed by atoms with Gasteiger partial charge in [0.1, 0.15) is 0 Å². The third-order valence-electron chi connectivity index (χ3n) is 2.32. The lowest BCUT2D eigenvalue weighted by atomic mass is 9.88. The molecular formula is C10H14NO2+. The minimum Gasteiger partial charge on any atom is -0.335 e. The highest BCUT2D eigenvalue weighted by Gasteiger charge is 2.27. The van der Waals surface area contributed by atoms with Crippen molar-refractivity contribution in [1.82, 2.24) is 0 Å². The summed E-state index contributed by atoms with van der Waals surface area (Å²) < 4.78 is 5.18. The molecular weight excluding hydrogens is 166 g/mol. The predicted octanol–water partition coefficient (Wildman–Crippen LogP) is 1.77. The van der Waals surface area contributed by atoms with Gasteiger partial charge in [0.2, 0.25) is 0 Å². The van der Waals surface area contributed by atoms with Crippen LogP contribution in [0.1, 0.15) is 25.7 Å². The van der Waals surface area contributed by atoms with E-state index in [1.54, 1.807) is 0 Å². The van der Waals surface area contributed by atoms with Crippen molar-refractivity contribution in [3.63, 3.8) is 0 Å². The lowest BCUT2D eigenvalue weighted by molar-refractivity contribution is 0.120. The molecule has 3 nitrogen and oxygen atoms in total. The summed E-state index contributed by atoms with van der Waals surface area (Å²) in [6.45, 7) is 3.39. The van der Waals surface area contributed by atoms with Crippen LogP contribution in [0.4, 0.5) is 0 Å². The Morgan fingerprint density at radius 2 is 2.08 bits per heavy atom. The molecule has 0 aliphatic heterocycles. The fourth-order valence-electron chi connectivity index (χ4n) is 1.53. The van der Waals surface area contributed by atoms with Gasteiger partial charge >= 0.3 is 5.97 Å². The molecule has 1 fully saturated rings. The number of hydrogen-bond acceptors (Lipinski definition) is 2. The summed E-state index contributed by atoms with van der Waals surface area (Å²) in [7, 11) is 0. The summed E-state index contributed by atoms with van der Waals surface area (Å²) >= 11 is 0. The van der Waals surface area contributed by atoms with Crippen LogP contribution in [0.2, 0.25) is 0 Å². The molecule has 0 unspecified atom stereocenters. The average molecular weight is 180 g/mol. The van der Waals surface area contributed by atoms with E-state index in [4.69, 9.17) is 14.8 Å². The highest BCUT2D eigenvalue weighted by atomic mass is 16.5. The molecule has 0 aromatic rings. The Balaban J connectivity index is 2.29. The van der Waals surface area contributed by atoms with Crippen LogP contribution in [0.3, 0.4) is 0 Å². The summed E-state index contributed by atoms with van der Waals surface area (Å²) in [5.41, 5.74) is 0. The maximum atomic E-state index is 9.04. The molecule has 0 aromatic heterocycles. The highest BCUT2D eigenvalue weighted by Crippen LogP contribution is 2.25. The molecule has 0 atom stereocenters. The lowest BCUT2D eigenvalue weighted by Crippen LogP contribution is -2.23. The Hall–Kier alpha value is -1.30. The van der Waals surface area contributed by atoms with Gasteiger partial charge in [-0.15, -0.1) is 0 Å². The van der Waals surface area contributed by atoms with E-state index in [0.717, 1.165) is 25.7 Å². The molecule has 0 saturated heterocycles. The number of esters is 1. The minimum atomic E-state index is -0.111. The van der Waals surface area contributed by atoms with Gasteiger partial charge in [0.25, 0.3) is 0 Å². The van der Waals surface area contributed by atoms with Crippen molar-refractivity contribution in [2.24, 2.45) is 5.92 Å². The second-order valence-electron chi connectivity index (χ2n) is 3.26. The van der Waals surface area contributed by atoms with Gasteiger partial charge in [-0.1, -0.05) is 6.58 Å². The number of rotatable bonds is 2. The molecule has 13 heavy (non-hydrogen) atoms. The van der Waals surface area contributed by atoms with E-state index in [9.17, 15) is 0 Å². The van der Waals surface area contributed by atoms with Crippen molar-refractivity contribution in [3.8, 4) is 6.07 Å². The largest absolute Gasteiger partial charge is 0.509 e. The molecule has 3 heteroatoms. The summed E-state index contributed by atoms with van der Waals surface area (Å²) in [4.78, 5) is 9.04. The summed E-state index contributed by atoms with van der Waals surface area (Å²) in [6.07, 6.45) is 4.77. The van der Waals surface area contributed by atoms with Crippen molar-refractivity contribution >= 4 is 5.97 Å². The average Bonchev–Trinajstić information content (AvgIpc) is 2.19. The van der Waals surface area contributed by atoms with Crippen LogP contribution >= 0.6 is 0 Å². The quantitative estimate of drug-likeness (QED) is 0.369. The normalized spacial score (nSPS) is 27.3. The highest BCUT2D eigenvalue weighted by molar-refractivity contribution is 5.82. The van der Waals surface area contributed by atoms with Crippen LogP contribution in [-0.2, 0) is 4.74 Å². The van der Waals surface area contributed by atoms with E-state index < -0.39 is 0 Å². The van der Waals surface area contributed by atoms with Crippen LogP contribution in [0.25, 0.3) is 0 Å². The van der Waals surface area contributed by atoms with Gasteiger partial charge in [0.15, 0.2) is 6.10 Å². The van der Waals surface area contributed by atoms with Crippen molar-refractivity contribution < 1.29 is 9.53 Å². The topological polar surface area (TPSA) is 54.4 Å². The number of nitrogens with zero attached hydrogens (tertiary/aromatic N) is 1. The van der Waals surface area contributed by atoms with Gasteiger partial charge < -0.3 is 9.53 Å². The monoisotopic (exact) mass is 180 g/mol. The molecule has 0 amide bonds. The Morgan fingerprint density at radius 3 is 2.54 bits per heavy atom. The van der Waals surface area contributed by atoms with Crippen molar-refractivity contribution in [3.05, 3.63) is 12.7 Å². The van der Waals surface area contributed by atoms with Crippen molar-refractivity contribution in [2.75, 3.05) is 0 Å². The zero-order valence-electron chi connectivity index (χ0n) is 7.57. The van der Waals surface area contributed by atoms with E-state index in [1.165, 1.54) is 6.08 Å².